The SMILES string of the molecule is CCNc1c(F)cc(C(=O)NCCOC(N)=O)cc1F. The van der Waals surface area contributed by atoms with Crippen molar-refractivity contribution in [1.82, 2.24) is 5.32 Å². The fourth-order valence-corrected chi connectivity index (χ4v) is 1.47. The molecule has 110 valence electrons. The number of rotatable bonds is 6. The van der Waals surface area contributed by atoms with Crippen molar-refractivity contribution in [3.8, 4) is 0 Å². The highest BCUT2D eigenvalue weighted by Crippen LogP contribution is 2.20. The first-order valence-corrected chi connectivity index (χ1v) is 5.89. The van der Waals surface area contributed by atoms with Gasteiger partial charge in [-0.3, -0.25) is 4.79 Å². The van der Waals surface area contributed by atoms with E-state index in [0.29, 0.717) is 6.54 Å². The molecule has 6 nitrogen and oxygen atoms in total. The molecule has 0 heterocycles. The van der Waals surface area contributed by atoms with Crippen LogP contribution in [0, 0.1) is 11.6 Å². The van der Waals surface area contributed by atoms with Crippen LogP contribution in [-0.2, 0) is 4.74 Å². The number of nitrogens with two attached hydrogens (primary N) is 1. The minimum Gasteiger partial charge on any atom is -0.448 e. The van der Waals surface area contributed by atoms with E-state index in [9.17, 15) is 18.4 Å². The lowest BCUT2D eigenvalue weighted by atomic mass is 10.1. The number of benzene rings is 1. The van der Waals surface area contributed by atoms with E-state index in [1.165, 1.54) is 0 Å². The summed E-state index contributed by atoms with van der Waals surface area (Å²) in [6, 6.07) is 1.84. The normalized spacial score (nSPS) is 9.95. The zero-order valence-electron chi connectivity index (χ0n) is 10.8. The van der Waals surface area contributed by atoms with Crippen LogP contribution < -0.4 is 16.4 Å². The van der Waals surface area contributed by atoms with Gasteiger partial charge in [0.25, 0.3) is 5.91 Å². The molecule has 0 radical (unpaired) electrons. The highest BCUT2D eigenvalue weighted by atomic mass is 19.1. The summed E-state index contributed by atoms with van der Waals surface area (Å²) in [6.45, 7) is 1.91. The van der Waals surface area contributed by atoms with E-state index in [-0.39, 0.29) is 24.4 Å². The maximum absolute atomic E-state index is 13.6. The highest BCUT2D eigenvalue weighted by Gasteiger charge is 2.14. The lowest BCUT2D eigenvalue weighted by Gasteiger charge is -2.09. The molecular formula is C12H15F2N3O3. The number of amides is 2. The molecule has 0 saturated heterocycles. The molecule has 1 rings (SSSR count). The first-order chi connectivity index (χ1) is 9.45. The molecule has 0 fully saturated rings. The largest absolute Gasteiger partial charge is 0.448 e. The van der Waals surface area contributed by atoms with Gasteiger partial charge in [0.05, 0.1) is 6.54 Å². The summed E-state index contributed by atoms with van der Waals surface area (Å²) in [4.78, 5) is 21.9. The van der Waals surface area contributed by atoms with Crippen molar-refractivity contribution < 1.29 is 23.1 Å². The van der Waals surface area contributed by atoms with Crippen molar-refractivity contribution in [2.45, 2.75) is 6.92 Å². The minimum absolute atomic E-state index is 0.0139. The van der Waals surface area contributed by atoms with Gasteiger partial charge in [-0.15, -0.1) is 0 Å². The summed E-state index contributed by atoms with van der Waals surface area (Å²) in [5.41, 5.74) is 4.28. The van der Waals surface area contributed by atoms with E-state index in [1.807, 2.05) is 0 Å². The molecule has 4 N–H and O–H groups in total. The molecule has 0 aromatic heterocycles. The Hall–Kier alpha value is -2.38. The number of primary amides is 1. The van der Waals surface area contributed by atoms with E-state index in [1.54, 1.807) is 6.92 Å². The summed E-state index contributed by atoms with van der Waals surface area (Å²) in [5, 5.41) is 4.86. The maximum atomic E-state index is 13.6. The molecule has 0 saturated carbocycles. The predicted octanol–water partition coefficient (Wildman–Crippen LogP) is 1.22. The van der Waals surface area contributed by atoms with Crippen LogP contribution in [0.1, 0.15) is 17.3 Å². The van der Waals surface area contributed by atoms with E-state index < -0.39 is 23.6 Å². The zero-order valence-corrected chi connectivity index (χ0v) is 10.8. The average Bonchev–Trinajstić information content (AvgIpc) is 2.38. The van der Waals surface area contributed by atoms with Crippen molar-refractivity contribution >= 4 is 17.7 Å². The second kappa shape index (κ2) is 7.27. The Morgan fingerprint density at radius 3 is 2.40 bits per heavy atom. The van der Waals surface area contributed by atoms with Crippen molar-refractivity contribution in [2.24, 2.45) is 5.73 Å². The van der Waals surface area contributed by atoms with Gasteiger partial charge >= 0.3 is 6.09 Å². The minimum atomic E-state index is -0.966. The van der Waals surface area contributed by atoms with E-state index in [2.05, 4.69) is 15.4 Å². The summed E-state index contributed by atoms with van der Waals surface area (Å²) in [7, 11) is 0. The Bertz CT molecular complexity index is 486. The number of hydrogen-bond donors (Lipinski definition) is 3. The van der Waals surface area contributed by atoms with Gasteiger partial charge in [-0.2, -0.15) is 0 Å². The summed E-state index contributed by atoms with van der Waals surface area (Å²) in [6.07, 6.45) is -0.966. The Kier molecular flexibility index (Phi) is 5.70. The predicted molar refractivity (Wildman–Crippen MR) is 68.4 cm³/mol. The molecule has 0 aliphatic carbocycles. The van der Waals surface area contributed by atoms with E-state index >= 15 is 0 Å². The lowest BCUT2D eigenvalue weighted by Crippen LogP contribution is -2.29. The third-order valence-electron chi connectivity index (χ3n) is 2.29. The smallest absolute Gasteiger partial charge is 0.404 e. The molecule has 0 bridgehead atoms. The fourth-order valence-electron chi connectivity index (χ4n) is 1.47. The number of hydrogen-bond acceptors (Lipinski definition) is 4. The summed E-state index contributed by atoms with van der Waals surface area (Å²) in [5.74, 6) is -2.39. The third-order valence-corrected chi connectivity index (χ3v) is 2.29. The van der Waals surface area contributed by atoms with Gasteiger partial charge < -0.3 is 21.1 Å². The van der Waals surface area contributed by atoms with Crippen LogP contribution in [0.2, 0.25) is 0 Å². The molecule has 0 atom stereocenters. The van der Waals surface area contributed by atoms with Crippen LogP contribution in [0.5, 0.6) is 0 Å². The number of carbonyl (C=O) groups is 2. The topological polar surface area (TPSA) is 93.4 Å². The number of anilines is 1. The molecule has 0 aliphatic rings. The van der Waals surface area contributed by atoms with Gasteiger partial charge in [-0.1, -0.05) is 0 Å². The van der Waals surface area contributed by atoms with Gasteiger partial charge in [0, 0.05) is 12.1 Å². The van der Waals surface area contributed by atoms with Crippen LogP contribution in [0.3, 0.4) is 0 Å². The third kappa shape index (κ3) is 4.38. The van der Waals surface area contributed by atoms with Gasteiger partial charge in [0.2, 0.25) is 0 Å². The molecule has 20 heavy (non-hydrogen) atoms. The summed E-state index contributed by atoms with van der Waals surface area (Å²) >= 11 is 0. The Balaban J connectivity index is 2.67. The van der Waals surface area contributed by atoms with Crippen molar-refractivity contribution in [2.75, 3.05) is 25.0 Å². The van der Waals surface area contributed by atoms with Gasteiger partial charge in [-0.05, 0) is 19.1 Å². The molecule has 0 spiro atoms. The van der Waals surface area contributed by atoms with Gasteiger partial charge in [0.15, 0.2) is 0 Å². The molecular weight excluding hydrogens is 272 g/mol. The second-order valence-electron chi connectivity index (χ2n) is 3.77. The number of carbonyl (C=O) groups excluding carboxylic acids is 2. The van der Waals surface area contributed by atoms with Crippen LogP contribution in [0.25, 0.3) is 0 Å². The quantitative estimate of drug-likeness (QED) is 0.686. The zero-order chi connectivity index (χ0) is 15.1. The lowest BCUT2D eigenvalue weighted by molar-refractivity contribution is 0.0936. The number of ether oxygens (including phenoxy) is 1. The van der Waals surface area contributed by atoms with Crippen molar-refractivity contribution in [3.63, 3.8) is 0 Å². The molecule has 1 aromatic carbocycles. The van der Waals surface area contributed by atoms with Crippen LogP contribution in [0.4, 0.5) is 19.3 Å². The van der Waals surface area contributed by atoms with Gasteiger partial charge in [-0.25, -0.2) is 13.6 Å². The van der Waals surface area contributed by atoms with Crippen LogP contribution in [-0.4, -0.2) is 31.7 Å². The average molecular weight is 287 g/mol. The molecule has 2 amide bonds. The first kappa shape index (κ1) is 15.7. The van der Waals surface area contributed by atoms with Crippen molar-refractivity contribution in [1.29, 1.82) is 0 Å². The second-order valence-corrected chi connectivity index (χ2v) is 3.77. The summed E-state index contributed by atoms with van der Waals surface area (Å²) < 4.78 is 31.6. The number of nitrogens with one attached hydrogen (secondary N) is 2. The van der Waals surface area contributed by atoms with E-state index in [0.717, 1.165) is 12.1 Å². The first-order valence-electron chi connectivity index (χ1n) is 5.89. The monoisotopic (exact) mass is 287 g/mol. The van der Waals surface area contributed by atoms with Crippen molar-refractivity contribution in [3.05, 3.63) is 29.3 Å². The van der Waals surface area contributed by atoms with Gasteiger partial charge in [0.1, 0.15) is 23.9 Å². The fraction of sp³-hybridized carbons (Fsp3) is 0.333. The molecule has 0 aliphatic heterocycles. The molecule has 8 heteroatoms. The van der Waals surface area contributed by atoms with E-state index in [4.69, 9.17) is 5.73 Å². The molecule has 1 aromatic rings. The Morgan fingerprint density at radius 2 is 1.90 bits per heavy atom. The van der Waals surface area contributed by atoms with Crippen LogP contribution in [0.15, 0.2) is 12.1 Å². The Morgan fingerprint density at radius 1 is 1.30 bits per heavy atom. The van der Waals surface area contributed by atoms with Crippen LogP contribution >= 0.6 is 0 Å². The number of halogens is 2. The maximum Gasteiger partial charge on any atom is 0.404 e. The standard InChI is InChI=1S/C12H15F2N3O3/c1-2-16-10-8(13)5-7(6-9(10)14)11(18)17-3-4-20-12(15)19/h5-6,16H,2-4H2,1H3,(H2,15,19)(H,17,18). The highest BCUT2D eigenvalue weighted by molar-refractivity contribution is 5.94. The molecule has 0 unspecified atom stereocenters. The Labute approximate surface area is 114 Å².